The fourth-order valence-corrected chi connectivity index (χ4v) is 2.28. The molecule has 0 amide bonds. The van der Waals surface area contributed by atoms with Crippen LogP contribution in [0.15, 0.2) is 27.5 Å². The Labute approximate surface area is 118 Å². The molecule has 3 rings (SSSR count). The second-order valence-electron chi connectivity index (χ2n) is 4.06. The summed E-state index contributed by atoms with van der Waals surface area (Å²) in [5, 5.41) is 6.88. The van der Waals surface area contributed by atoms with Crippen molar-refractivity contribution in [1.29, 1.82) is 0 Å². The predicted molar refractivity (Wildman–Crippen MR) is 70.0 cm³/mol. The lowest BCUT2D eigenvalue weighted by atomic mass is 10.2. The Morgan fingerprint density at radius 2 is 2.11 bits per heavy atom. The first-order chi connectivity index (χ1) is 9.33. The Morgan fingerprint density at radius 3 is 2.89 bits per heavy atom. The topological polar surface area (TPSA) is 69.4 Å². The number of rotatable bonds is 5. The van der Waals surface area contributed by atoms with Crippen LogP contribution < -0.4 is 14.8 Å². The number of halogens is 1. The van der Waals surface area contributed by atoms with E-state index in [9.17, 15) is 0 Å². The van der Waals surface area contributed by atoms with Gasteiger partial charge in [-0.25, -0.2) is 0 Å². The Kier molecular flexibility index (Phi) is 3.65. The van der Waals surface area contributed by atoms with Crippen molar-refractivity contribution in [2.45, 2.75) is 13.0 Å². The average Bonchev–Trinajstić information content (AvgIpc) is 3.05. The van der Waals surface area contributed by atoms with Crippen LogP contribution in [0.25, 0.3) is 0 Å². The van der Waals surface area contributed by atoms with Crippen LogP contribution in [-0.2, 0) is 13.0 Å². The number of aromatic nitrogens is 2. The van der Waals surface area contributed by atoms with Crippen LogP contribution in [0.4, 0.5) is 0 Å². The van der Waals surface area contributed by atoms with Crippen LogP contribution in [0.3, 0.4) is 0 Å². The zero-order valence-electron chi connectivity index (χ0n) is 10.1. The molecule has 2 heterocycles. The van der Waals surface area contributed by atoms with Gasteiger partial charge in [-0.15, -0.1) is 0 Å². The largest absolute Gasteiger partial charge is 0.454 e. The molecule has 1 N–H and O–H groups in total. The first-order valence-corrected chi connectivity index (χ1v) is 6.66. The van der Waals surface area contributed by atoms with Crippen LogP contribution in [0.5, 0.6) is 11.5 Å². The van der Waals surface area contributed by atoms with Crippen LogP contribution in [0.2, 0.25) is 0 Å². The van der Waals surface area contributed by atoms with E-state index in [4.69, 9.17) is 14.0 Å². The smallest absolute Gasteiger partial charge is 0.231 e. The summed E-state index contributed by atoms with van der Waals surface area (Å²) in [4.78, 5) is 3.96. The summed E-state index contributed by atoms with van der Waals surface area (Å²) in [6.07, 6.45) is 2.12. The maximum absolute atomic E-state index is 5.36. The number of nitrogens with one attached hydrogen (secondary N) is 1. The van der Waals surface area contributed by atoms with E-state index >= 15 is 0 Å². The molecule has 1 aromatic heterocycles. The molecule has 7 heteroatoms. The Balaban J connectivity index is 1.55. The van der Waals surface area contributed by atoms with Gasteiger partial charge in [0, 0.05) is 24.0 Å². The lowest BCUT2D eigenvalue weighted by molar-refractivity contribution is 0.174. The number of fused-ring (bicyclic) bond motifs is 1. The minimum absolute atomic E-state index is 0.288. The van der Waals surface area contributed by atoms with Gasteiger partial charge in [-0.2, -0.15) is 4.98 Å². The van der Waals surface area contributed by atoms with E-state index in [0.29, 0.717) is 12.3 Å². The zero-order chi connectivity index (χ0) is 13.1. The minimum atomic E-state index is 0.288. The van der Waals surface area contributed by atoms with Gasteiger partial charge in [0.1, 0.15) is 0 Å². The monoisotopic (exact) mass is 325 g/mol. The third kappa shape index (κ3) is 2.87. The first kappa shape index (κ1) is 12.4. The molecule has 1 aliphatic rings. The third-order valence-corrected chi connectivity index (χ3v) is 3.52. The highest BCUT2D eigenvalue weighted by molar-refractivity contribution is 9.10. The van der Waals surface area contributed by atoms with Crippen molar-refractivity contribution in [2.24, 2.45) is 0 Å². The van der Waals surface area contributed by atoms with Gasteiger partial charge in [-0.3, -0.25) is 0 Å². The van der Waals surface area contributed by atoms with Crippen LogP contribution >= 0.6 is 15.9 Å². The second-order valence-corrected chi connectivity index (χ2v) is 4.91. The van der Waals surface area contributed by atoms with Crippen molar-refractivity contribution in [1.82, 2.24) is 15.5 Å². The van der Waals surface area contributed by atoms with Gasteiger partial charge in [0.25, 0.3) is 0 Å². The molecule has 2 aromatic rings. The molecule has 19 heavy (non-hydrogen) atoms. The van der Waals surface area contributed by atoms with E-state index in [1.54, 1.807) is 0 Å². The highest BCUT2D eigenvalue weighted by Gasteiger charge is 2.15. The average molecular weight is 326 g/mol. The van der Waals surface area contributed by atoms with Crippen molar-refractivity contribution in [3.05, 3.63) is 34.4 Å². The van der Waals surface area contributed by atoms with E-state index in [-0.39, 0.29) is 6.79 Å². The predicted octanol–water partition coefficient (Wildman–Crippen LogP) is 1.89. The molecule has 1 aromatic carbocycles. The fourth-order valence-electron chi connectivity index (χ4n) is 1.82. The fraction of sp³-hybridized carbons (Fsp3) is 0.333. The number of nitrogens with zero attached hydrogens (tertiary/aromatic N) is 2. The van der Waals surface area contributed by atoms with Crippen molar-refractivity contribution in [3.63, 3.8) is 0 Å². The molecule has 0 saturated heterocycles. The van der Waals surface area contributed by atoms with Gasteiger partial charge in [-0.05, 0) is 17.7 Å². The number of hydrogen-bond acceptors (Lipinski definition) is 6. The highest BCUT2D eigenvalue weighted by atomic mass is 79.9. The normalized spacial score (nSPS) is 12.9. The van der Waals surface area contributed by atoms with Gasteiger partial charge in [0.2, 0.25) is 12.7 Å². The third-order valence-electron chi connectivity index (χ3n) is 2.78. The highest BCUT2D eigenvalue weighted by Crippen LogP contribution is 2.36. The van der Waals surface area contributed by atoms with Crippen molar-refractivity contribution in [2.75, 3.05) is 13.3 Å². The van der Waals surface area contributed by atoms with Gasteiger partial charge >= 0.3 is 0 Å². The van der Waals surface area contributed by atoms with Gasteiger partial charge < -0.3 is 19.3 Å². The SMILES string of the molecule is Brc1cc2c(cc1CNCCc1ncno1)OCO2. The molecule has 0 unspecified atom stereocenters. The molecule has 0 aliphatic carbocycles. The molecular formula is C12H12BrN3O3. The van der Waals surface area contributed by atoms with Gasteiger partial charge in [0.05, 0.1) is 0 Å². The summed E-state index contributed by atoms with van der Waals surface area (Å²) in [5.74, 6) is 2.20. The second kappa shape index (κ2) is 5.58. The van der Waals surface area contributed by atoms with E-state index in [2.05, 4.69) is 31.4 Å². The molecular weight excluding hydrogens is 314 g/mol. The number of ether oxygens (including phenoxy) is 2. The minimum Gasteiger partial charge on any atom is -0.454 e. The molecule has 0 fully saturated rings. The maximum atomic E-state index is 5.36. The Bertz CT molecular complexity index is 560. The Hall–Kier alpha value is -1.60. The number of benzene rings is 1. The van der Waals surface area contributed by atoms with E-state index in [0.717, 1.165) is 34.6 Å². The molecule has 6 nitrogen and oxygen atoms in total. The summed E-state index contributed by atoms with van der Waals surface area (Å²) in [7, 11) is 0. The maximum Gasteiger partial charge on any atom is 0.231 e. The summed E-state index contributed by atoms with van der Waals surface area (Å²) in [6.45, 7) is 1.78. The van der Waals surface area contributed by atoms with Crippen LogP contribution in [0, 0.1) is 0 Å². The van der Waals surface area contributed by atoms with Crippen molar-refractivity contribution < 1.29 is 14.0 Å². The van der Waals surface area contributed by atoms with Crippen molar-refractivity contribution in [3.8, 4) is 11.5 Å². The van der Waals surface area contributed by atoms with Gasteiger partial charge in [0.15, 0.2) is 17.8 Å². The molecule has 0 atom stereocenters. The van der Waals surface area contributed by atoms with Gasteiger partial charge in [-0.1, -0.05) is 21.1 Å². The molecule has 0 saturated carbocycles. The molecule has 1 aliphatic heterocycles. The molecule has 0 bridgehead atoms. The zero-order valence-corrected chi connectivity index (χ0v) is 11.6. The van der Waals surface area contributed by atoms with E-state index in [1.807, 2.05) is 12.1 Å². The Morgan fingerprint density at radius 1 is 1.26 bits per heavy atom. The summed E-state index contributed by atoms with van der Waals surface area (Å²) in [5.41, 5.74) is 1.12. The molecule has 100 valence electrons. The summed E-state index contributed by atoms with van der Waals surface area (Å²) < 4.78 is 16.6. The molecule has 0 radical (unpaired) electrons. The summed E-state index contributed by atoms with van der Waals surface area (Å²) in [6, 6.07) is 3.91. The first-order valence-electron chi connectivity index (χ1n) is 5.87. The quantitative estimate of drug-likeness (QED) is 0.847. The lowest BCUT2D eigenvalue weighted by Crippen LogP contribution is -2.17. The standard InChI is InChI=1S/C12H12BrN3O3/c13-9-4-11-10(17-7-18-11)3-8(9)5-14-2-1-12-15-6-16-19-12/h3-4,6,14H,1-2,5,7H2. The van der Waals surface area contributed by atoms with Crippen LogP contribution in [-0.4, -0.2) is 23.5 Å². The van der Waals surface area contributed by atoms with E-state index < -0.39 is 0 Å². The van der Waals surface area contributed by atoms with Crippen molar-refractivity contribution >= 4 is 15.9 Å². The van der Waals surface area contributed by atoms with Crippen LogP contribution in [0.1, 0.15) is 11.5 Å². The lowest BCUT2D eigenvalue weighted by Gasteiger charge is -2.07. The molecule has 0 spiro atoms. The number of hydrogen-bond donors (Lipinski definition) is 1. The summed E-state index contributed by atoms with van der Waals surface area (Å²) >= 11 is 3.52. The van der Waals surface area contributed by atoms with E-state index in [1.165, 1.54) is 6.33 Å².